The van der Waals surface area contributed by atoms with Crippen molar-refractivity contribution < 1.29 is 0 Å². The summed E-state index contributed by atoms with van der Waals surface area (Å²) in [7, 11) is 0. The number of rotatable bonds is 1. The van der Waals surface area contributed by atoms with Crippen molar-refractivity contribution in [3.63, 3.8) is 0 Å². The standard InChI is InChI=1S/C9H14/c1-2-3-6-9-7-4-5-8-9/h2-3,6H,4-5,7-8H2,1H3. The van der Waals surface area contributed by atoms with Gasteiger partial charge in [-0.25, -0.2) is 0 Å². The van der Waals surface area contributed by atoms with E-state index in [2.05, 4.69) is 25.2 Å². The van der Waals surface area contributed by atoms with Gasteiger partial charge < -0.3 is 0 Å². The summed E-state index contributed by atoms with van der Waals surface area (Å²) < 4.78 is 0. The van der Waals surface area contributed by atoms with Crippen LogP contribution < -0.4 is 0 Å². The zero-order valence-corrected chi connectivity index (χ0v) is 6.06. The van der Waals surface area contributed by atoms with E-state index >= 15 is 0 Å². The van der Waals surface area contributed by atoms with E-state index in [1.54, 1.807) is 5.57 Å². The molecule has 1 rings (SSSR count). The van der Waals surface area contributed by atoms with Crippen LogP contribution in [0.3, 0.4) is 0 Å². The molecule has 0 aliphatic heterocycles. The first-order chi connectivity index (χ1) is 4.43. The van der Waals surface area contributed by atoms with E-state index in [1.165, 1.54) is 25.7 Å². The Morgan fingerprint density at radius 1 is 1.22 bits per heavy atom. The minimum absolute atomic E-state index is 1.34. The normalized spacial score (nSPS) is 19.4. The molecule has 0 heterocycles. The molecule has 9 heavy (non-hydrogen) atoms. The van der Waals surface area contributed by atoms with Crippen molar-refractivity contribution in [2.75, 3.05) is 0 Å². The summed E-state index contributed by atoms with van der Waals surface area (Å²) in [6.07, 6.45) is 12.0. The van der Waals surface area contributed by atoms with Gasteiger partial charge in [-0.15, -0.1) is 0 Å². The summed E-state index contributed by atoms with van der Waals surface area (Å²) in [5.41, 5.74) is 1.63. The average molecular weight is 122 g/mol. The average Bonchev–Trinajstić information content (AvgIpc) is 2.34. The SMILES string of the molecule is CC=CC=C1CCCC1. The first-order valence-electron chi connectivity index (χ1n) is 3.74. The van der Waals surface area contributed by atoms with Crippen molar-refractivity contribution in [2.45, 2.75) is 32.6 Å². The Bertz CT molecular complexity index is 121. The molecule has 0 bridgehead atoms. The maximum Gasteiger partial charge on any atom is -0.0317 e. The summed E-state index contributed by atoms with van der Waals surface area (Å²) in [5, 5.41) is 0. The lowest BCUT2D eigenvalue weighted by Gasteiger charge is -1.87. The van der Waals surface area contributed by atoms with E-state index in [0.29, 0.717) is 0 Å². The van der Waals surface area contributed by atoms with Gasteiger partial charge in [0.1, 0.15) is 0 Å². The van der Waals surface area contributed by atoms with Gasteiger partial charge in [0, 0.05) is 0 Å². The highest BCUT2D eigenvalue weighted by atomic mass is 14.1. The molecule has 0 radical (unpaired) electrons. The molecule has 0 saturated heterocycles. The van der Waals surface area contributed by atoms with Crippen LogP contribution >= 0.6 is 0 Å². The summed E-state index contributed by atoms with van der Waals surface area (Å²) in [6, 6.07) is 0. The topological polar surface area (TPSA) is 0 Å². The predicted octanol–water partition coefficient (Wildman–Crippen LogP) is 3.06. The molecule has 0 aromatic carbocycles. The quantitative estimate of drug-likeness (QED) is 0.501. The maximum atomic E-state index is 2.26. The maximum absolute atomic E-state index is 2.26. The van der Waals surface area contributed by atoms with Crippen molar-refractivity contribution in [1.29, 1.82) is 0 Å². The Hall–Kier alpha value is -0.520. The third-order valence-electron chi connectivity index (χ3n) is 1.77. The van der Waals surface area contributed by atoms with Gasteiger partial charge in [-0.05, 0) is 32.6 Å². The minimum atomic E-state index is 1.34. The van der Waals surface area contributed by atoms with Crippen molar-refractivity contribution >= 4 is 0 Å². The highest BCUT2D eigenvalue weighted by Crippen LogP contribution is 2.23. The molecule has 0 atom stereocenters. The zero-order chi connectivity index (χ0) is 6.53. The van der Waals surface area contributed by atoms with Gasteiger partial charge in [0.15, 0.2) is 0 Å². The van der Waals surface area contributed by atoms with E-state index in [0.717, 1.165) is 0 Å². The summed E-state index contributed by atoms with van der Waals surface area (Å²) in [6.45, 7) is 2.06. The van der Waals surface area contributed by atoms with E-state index < -0.39 is 0 Å². The summed E-state index contributed by atoms with van der Waals surface area (Å²) in [5.74, 6) is 0. The molecule has 1 fully saturated rings. The molecule has 0 aromatic rings. The van der Waals surface area contributed by atoms with Gasteiger partial charge in [0.2, 0.25) is 0 Å². The molecule has 1 saturated carbocycles. The first-order valence-corrected chi connectivity index (χ1v) is 3.74. The fourth-order valence-electron chi connectivity index (χ4n) is 1.23. The minimum Gasteiger partial charge on any atom is -0.0877 e. The van der Waals surface area contributed by atoms with Crippen molar-refractivity contribution in [1.82, 2.24) is 0 Å². The van der Waals surface area contributed by atoms with Gasteiger partial charge in [-0.3, -0.25) is 0 Å². The third kappa shape index (κ3) is 2.05. The first kappa shape index (κ1) is 6.60. The second kappa shape index (κ2) is 3.49. The molecule has 1 aliphatic carbocycles. The molecule has 0 amide bonds. The van der Waals surface area contributed by atoms with Gasteiger partial charge in [0.25, 0.3) is 0 Å². The molecular formula is C9H14. The summed E-state index contributed by atoms with van der Waals surface area (Å²) in [4.78, 5) is 0. The fourth-order valence-corrected chi connectivity index (χ4v) is 1.23. The van der Waals surface area contributed by atoms with Gasteiger partial charge in [-0.1, -0.05) is 23.8 Å². The lowest BCUT2D eigenvalue weighted by Crippen LogP contribution is -1.67. The Morgan fingerprint density at radius 3 is 2.44 bits per heavy atom. The molecule has 0 nitrogen and oxygen atoms in total. The van der Waals surface area contributed by atoms with E-state index in [4.69, 9.17) is 0 Å². The van der Waals surface area contributed by atoms with E-state index in [-0.39, 0.29) is 0 Å². The van der Waals surface area contributed by atoms with Crippen LogP contribution in [0.5, 0.6) is 0 Å². The molecule has 0 spiro atoms. The van der Waals surface area contributed by atoms with Gasteiger partial charge in [-0.2, -0.15) is 0 Å². The lowest BCUT2D eigenvalue weighted by atomic mass is 10.2. The van der Waals surface area contributed by atoms with Crippen LogP contribution in [-0.4, -0.2) is 0 Å². The molecule has 0 heteroatoms. The van der Waals surface area contributed by atoms with Crippen LogP contribution in [0.1, 0.15) is 32.6 Å². The molecular weight excluding hydrogens is 108 g/mol. The van der Waals surface area contributed by atoms with Crippen LogP contribution in [0.15, 0.2) is 23.8 Å². The lowest BCUT2D eigenvalue weighted by molar-refractivity contribution is 0.886. The smallest absolute Gasteiger partial charge is 0.0317 e. The fraction of sp³-hybridized carbons (Fsp3) is 0.556. The number of hydrogen-bond acceptors (Lipinski definition) is 0. The summed E-state index contributed by atoms with van der Waals surface area (Å²) >= 11 is 0. The Labute approximate surface area is 57.3 Å². The van der Waals surface area contributed by atoms with E-state index in [9.17, 15) is 0 Å². The van der Waals surface area contributed by atoms with Crippen molar-refractivity contribution in [3.8, 4) is 0 Å². The monoisotopic (exact) mass is 122 g/mol. The Morgan fingerprint density at radius 2 is 1.89 bits per heavy atom. The van der Waals surface area contributed by atoms with E-state index in [1.807, 2.05) is 0 Å². The zero-order valence-electron chi connectivity index (χ0n) is 6.06. The number of hydrogen-bond donors (Lipinski definition) is 0. The Kier molecular flexibility index (Phi) is 2.56. The number of allylic oxidation sites excluding steroid dienone is 4. The van der Waals surface area contributed by atoms with Crippen molar-refractivity contribution in [3.05, 3.63) is 23.8 Å². The molecule has 1 aliphatic rings. The largest absolute Gasteiger partial charge is 0.0877 e. The van der Waals surface area contributed by atoms with Crippen LogP contribution in [0.25, 0.3) is 0 Å². The van der Waals surface area contributed by atoms with Gasteiger partial charge >= 0.3 is 0 Å². The second-order valence-corrected chi connectivity index (χ2v) is 2.56. The predicted molar refractivity (Wildman–Crippen MR) is 41.4 cm³/mol. The molecule has 0 unspecified atom stereocenters. The third-order valence-corrected chi connectivity index (χ3v) is 1.77. The molecule has 0 N–H and O–H groups in total. The van der Waals surface area contributed by atoms with Crippen LogP contribution in [0, 0.1) is 0 Å². The second-order valence-electron chi connectivity index (χ2n) is 2.56. The van der Waals surface area contributed by atoms with Crippen LogP contribution in [0.4, 0.5) is 0 Å². The Balaban J connectivity index is 2.39. The van der Waals surface area contributed by atoms with Gasteiger partial charge in [0.05, 0.1) is 0 Å². The molecule has 0 aromatic heterocycles. The highest BCUT2D eigenvalue weighted by molar-refractivity contribution is 5.14. The van der Waals surface area contributed by atoms with Crippen molar-refractivity contribution in [2.24, 2.45) is 0 Å². The molecule has 50 valence electrons. The highest BCUT2D eigenvalue weighted by Gasteiger charge is 2.03. The van der Waals surface area contributed by atoms with Crippen LogP contribution in [-0.2, 0) is 0 Å². The van der Waals surface area contributed by atoms with Crippen LogP contribution in [0.2, 0.25) is 0 Å².